The standard InChI is InChI=1S/C16H28N4O/c1-3-15(4-2)20-10-7-14(18-20)11-16(21)12-19-8-5-13(17)6-9-19/h7,10,13,15H,3-6,8-9,11-12,17H2,1-2H3. The molecule has 5 nitrogen and oxygen atoms in total. The average molecular weight is 292 g/mol. The van der Waals surface area contributed by atoms with Gasteiger partial charge >= 0.3 is 0 Å². The molecule has 1 aliphatic rings. The molecule has 0 saturated carbocycles. The summed E-state index contributed by atoms with van der Waals surface area (Å²) in [4.78, 5) is 14.4. The van der Waals surface area contributed by atoms with Crippen molar-refractivity contribution in [3.05, 3.63) is 18.0 Å². The van der Waals surface area contributed by atoms with E-state index in [9.17, 15) is 4.79 Å². The molecule has 21 heavy (non-hydrogen) atoms. The van der Waals surface area contributed by atoms with Crippen LogP contribution in [0.15, 0.2) is 12.3 Å². The van der Waals surface area contributed by atoms with Crippen LogP contribution in [0.3, 0.4) is 0 Å². The Morgan fingerprint density at radius 2 is 2.05 bits per heavy atom. The number of carbonyl (C=O) groups is 1. The number of nitrogens with two attached hydrogens (primary N) is 1. The van der Waals surface area contributed by atoms with Crippen molar-refractivity contribution in [2.45, 2.75) is 58.0 Å². The van der Waals surface area contributed by atoms with Gasteiger partial charge in [0.2, 0.25) is 0 Å². The van der Waals surface area contributed by atoms with Crippen molar-refractivity contribution < 1.29 is 4.79 Å². The minimum atomic E-state index is 0.250. The molecule has 0 aromatic carbocycles. The van der Waals surface area contributed by atoms with E-state index < -0.39 is 0 Å². The van der Waals surface area contributed by atoms with E-state index in [0.29, 0.717) is 25.0 Å². The number of aromatic nitrogens is 2. The SMILES string of the molecule is CCC(CC)n1ccc(CC(=O)CN2CCC(N)CC2)n1. The van der Waals surface area contributed by atoms with Gasteiger partial charge in [0.1, 0.15) is 0 Å². The second-order valence-corrected chi connectivity index (χ2v) is 6.09. The molecular formula is C16H28N4O. The van der Waals surface area contributed by atoms with Crippen molar-refractivity contribution in [1.29, 1.82) is 0 Å². The molecule has 5 heteroatoms. The Morgan fingerprint density at radius 3 is 2.67 bits per heavy atom. The Balaban J connectivity index is 1.82. The summed E-state index contributed by atoms with van der Waals surface area (Å²) >= 11 is 0. The van der Waals surface area contributed by atoms with E-state index in [-0.39, 0.29) is 5.78 Å². The molecule has 1 aromatic rings. The molecule has 1 aliphatic heterocycles. The summed E-state index contributed by atoms with van der Waals surface area (Å²) in [7, 11) is 0. The van der Waals surface area contributed by atoms with Gasteiger partial charge in [-0.25, -0.2) is 0 Å². The predicted octanol–water partition coefficient (Wildman–Crippen LogP) is 1.78. The van der Waals surface area contributed by atoms with Crippen LogP contribution >= 0.6 is 0 Å². The second-order valence-electron chi connectivity index (χ2n) is 6.09. The van der Waals surface area contributed by atoms with Gasteiger partial charge in [-0.2, -0.15) is 5.10 Å². The molecule has 1 fully saturated rings. The quantitative estimate of drug-likeness (QED) is 0.832. The number of piperidine rings is 1. The molecule has 0 amide bonds. The van der Waals surface area contributed by atoms with Crippen LogP contribution in [0.4, 0.5) is 0 Å². The van der Waals surface area contributed by atoms with Gasteiger partial charge < -0.3 is 5.73 Å². The summed E-state index contributed by atoms with van der Waals surface area (Å²) in [6, 6.07) is 2.73. The highest BCUT2D eigenvalue weighted by Crippen LogP contribution is 2.15. The number of nitrogens with zero attached hydrogens (tertiary/aromatic N) is 3. The van der Waals surface area contributed by atoms with E-state index in [1.54, 1.807) is 0 Å². The van der Waals surface area contributed by atoms with Crippen molar-refractivity contribution in [3.8, 4) is 0 Å². The molecular weight excluding hydrogens is 264 g/mol. The van der Waals surface area contributed by atoms with Crippen LogP contribution in [0.25, 0.3) is 0 Å². The molecule has 0 spiro atoms. The summed E-state index contributed by atoms with van der Waals surface area (Å²) < 4.78 is 2.00. The van der Waals surface area contributed by atoms with Crippen molar-refractivity contribution in [2.75, 3.05) is 19.6 Å². The maximum absolute atomic E-state index is 12.2. The van der Waals surface area contributed by atoms with Crippen LogP contribution in [0, 0.1) is 0 Å². The lowest BCUT2D eigenvalue weighted by Gasteiger charge is -2.29. The van der Waals surface area contributed by atoms with E-state index >= 15 is 0 Å². The van der Waals surface area contributed by atoms with Crippen molar-refractivity contribution in [1.82, 2.24) is 14.7 Å². The van der Waals surface area contributed by atoms with Crippen molar-refractivity contribution >= 4 is 5.78 Å². The first-order chi connectivity index (χ1) is 10.1. The lowest BCUT2D eigenvalue weighted by Crippen LogP contribution is -2.42. The van der Waals surface area contributed by atoms with E-state index in [1.165, 1.54) is 0 Å². The summed E-state index contributed by atoms with van der Waals surface area (Å²) in [6.07, 6.45) is 6.57. The summed E-state index contributed by atoms with van der Waals surface area (Å²) in [5.41, 5.74) is 6.77. The smallest absolute Gasteiger partial charge is 0.152 e. The number of hydrogen-bond acceptors (Lipinski definition) is 4. The first-order valence-electron chi connectivity index (χ1n) is 8.16. The van der Waals surface area contributed by atoms with Gasteiger partial charge in [0.15, 0.2) is 5.78 Å². The Bertz CT molecular complexity index is 445. The normalized spacial score (nSPS) is 17.5. The average Bonchev–Trinajstić information content (AvgIpc) is 2.91. The fourth-order valence-corrected chi connectivity index (χ4v) is 2.96. The molecule has 0 unspecified atom stereocenters. The number of carbonyl (C=O) groups excluding carboxylic acids is 1. The Kier molecular flexibility index (Phi) is 5.94. The first kappa shape index (κ1) is 16.2. The molecule has 0 atom stereocenters. The number of rotatable bonds is 7. The monoisotopic (exact) mass is 292 g/mol. The summed E-state index contributed by atoms with van der Waals surface area (Å²) in [5.74, 6) is 0.250. The van der Waals surface area contributed by atoms with E-state index in [1.807, 2.05) is 16.9 Å². The van der Waals surface area contributed by atoms with Gasteiger partial charge in [-0.15, -0.1) is 0 Å². The fourth-order valence-electron chi connectivity index (χ4n) is 2.96. The Hall–Kier alpha value is -1.20. The van der Waals surface area contributed by atoms with Gasteiger partial charge in [0.25, 0.3) is 0 Å². The van der Waals surface area contributed by atoms with Gasteiger partial charge in [-0.05, 0) is 31.7 Å². The molecule has 0 radical (unpaired) electrons. The largest absolute Gasteiger partial charge is 0.328 e. The zero-order valence-electron chi connectivity index (χ0n) is 13.3. The molecule has 0 aliphatic carbocycles. The predicted molar refractivity (Wildman–Crippen MR) is 84.2 cm³/mol. The van der Waals surface area contributed by atoms with Crippen LogP contribution in [0.5, 0.6) is 0 Å². The van der Waals surface area contributed by atoms with Crippen molar-refractivity contribution in [3.63, 3.8) is 0 Å². The van der Waals surface area contributed by atoms with E-state index in [0.717, 1.165) is 44.5 Å². The van der Waals surface area contributed by atoms with Crippen LogP contribution in [0.1, 0.15) is 51.3 Å². The molecule has 2 heterocycles. The van der Waals surface area contributed by atoms with E-state index in [2.05, 4.69) is 23.8 Å². The summed E-state index contributed by atoms with van der Waals surface area (Å²) in [6.45, 7) is 6.75. The Morgan fingerprint density at radius 1 is 1.38 bits per heavy atom. The maximum atomic E-state index is 12.2. The highest BCUT2D eigenvalue weighted by atomic mass is 16.1. The number of likely N-dealkylation sites (tertiary alicyclic amines) is 1. The fraction of sp³-hybridized carbons (Fsp3) is 0.750. The van der Waals surface area contributed by atoms with E-state index in [4.69, 9.17) is 5.73 Å². The lowest BCUT2D eigenvalue weighted by molar-refractivity contribution is -0.119. The lowest BCUT2D eigenvalue weighted by atomic mass is 10.1. The minimum absolute atomic E-state index is 0.250. The number of Topliss-reactive ketones (excluding diaryl/α,β-unsaturated/α-hetero) is 1. The molecule has 2 rings (SSSR count). The second kappa shape index (κ2) is 7.71. The first-order valence-corrected chi connectivity index (χ1v) is 8.16. The van der Waals surface area contributed by atoms with Gasteiger partial charge in [-0.1, -0.05) is 13.8 Å². The number of ketones is 1. The van der Waals surface area contributed by atoms with Crippen LogP contribution in [0.2, 0.25) is 0 Å². The molecule has 118 valence electrons. The van der Waals surface area contributed by atoms with Crippen LogP contribution in [-0.2, 0) is 11.2 Å². The Labute approximate surface area is 127 Å². The molecule has 1 aromatic heterocycles. The summed E-state index contributed by atoms with van der Waals surface area (Å²) in [5, 5.41) is 4.55. The maximum Gasteiger partial charge on any atom is 0.152 e. The van der Waals surface area contributed by atoms with Gasteiger partial charge in [0, 0.05) is 25.3 Å². The van der Waals surface area contributed by atoms with Crippen molar-refractivity contribution in [2.24, 2.45) is 5.73 Å². The van der Waals surface area contributed by atoms with Gasteiger partial charge in [0.05, 0.1) is 24.7 Å². The zero-order chi connectivity index (χ0) is 15.2. The highest BCUT2D eigenvalue weighted by Gasteiger charge is 2.19. The van der Waals surface area contributed by atoms with Crippen LogP contribution < -0.4 is 5.73 Å². The minimum Gasteiger partial charge on any atom is -0.328 e. The molecule has 1 saturated heterocycles. The molecule has 2 N–H and O–H groups in total. The number of hydrogen-bond donors (Lipinski definition) is 1. The zero-order valence-corrected chi connectivity index (χ0v) is 13.3. The third kappa shape index (κ3) is 4.64. The van der Waals surface area contributed by atoms with Gasteiger partial charge in [-0.3, -0.25) is 14.4 Å². The van der Waals surface area contributed by atoms with Crippen LogP contribution in [-0.4, -0.2) is 46.1 Å². The third-order valence-electron chi connectivity index (χ3n) is 4.39. The molecule has 0 bridgehead atoms. The highest BCUT2D eigenvalue weighted by molar-refractivity contribution is 5.82. The topological polar surface area (TPSA) is 64.2 Å². The third-order valence-corrected chi connectivity index (χ3v) is 4.39.